The van der Waals surface area contributed by atoms with E-state index in [1.807, 2.05) is 0 Å². The van der Waals surface area contributed by atoms with Crippen molar-refractivity contribution < 1.29 is 27.5 Å². The van der Waals surface area contributed by atoms with E-state index in [1.54, 1.807) is 67.6 Å². The molecule has 0 aliphatic rings. The summed E-state index contributed by atoms with van der Waals surface area (Å²) >= 11 is 0. The summed E-state index contributed by atoms with van der Waals surface area (Å²) in [6.07, 6.45) is 1.90. The Morgan fingerprint density at radius 2 is 1.48 bits per heavy atom. The van der Waals surface area contributed by atoms with Crippen LogP contribution in [0.3, 0.4) is 0 Å². The van der Waals surface area contributed by atoms with E-state index in [0.29, 0.717) is 11.1 Å². The lowest BCUT2D eigenvalue weighted by molar-refractivity contribution is -0.140. The molecule has 2 aromatic carbocycles. The highest BCUT2D eigenvalue weighted by molar-refractivity contribution is 7.88. The maximum absolute atomic E-state index is 12.6. The minimum atomic E-state index is -3.70. The van der Waals surface area contributed by atoms with Gasteiger partial charge in [0.1, 0.15) is 6.61 Å². The number of hydrogen-bond donors (Lipinski definition) is 1. The molecule has 0 spiro atoms. The maximum atomic E-state index is 12.6. The van der Waals surface area contributed by atoms with Gasteiger partial charge >= 0.3 is 11.9 Å². The van der Waals surface area contributed by atoms with E-state index in [4.69, 9.17) is 4.74 Å². The molecule has 0 saturated heterocycles. The molecule has 0 aliphatic carbocycles. The minimum absolute atomic E-state index is 0.192. The molecule has 154 valence electrons. The monoisotopic (exact) mass is 417 g/mol. The van der Waals surface area contributed by atoms with E-state index >= 15 is 0 Å². The molecule has 0 aliphatic heterocycles. The first-order valence-electron chi connectivity index (χ1n) is 9.00. The number of ether oxygens (including phenoxy) is 2. The van der Waals surface area contributed by atoms with E-state index in [0.717, 1.165) is 12.2 Å². The number of carbonyl (C=O) groups is 2. The molecule has 1 atom stereocenters. The first kappa shape index (κ1) is 22.3. The average molecular weight is 417 g/mol. The van der Waals surface area contributed by atoms with Crippen molar-refractivity contribution in [1.82, 2.24) is 4.72 Å². The number of rotatable bonds is 10. The lowest BCUT2D eigenvalue weighted by Gasteiger charge is -2.19. The average Bonchev–Trinajstić information content (AvgIpc) is 2.71. The Balaban J connectivity index is 2.06. The second kappa shape index (κ2) is 11.1. The zero-order valence-corrected chi connectivity index (χ0v) is 16.8. The summed E-state index contributed by atoms with van der Waals surface area (Å²) in [5.41, 5.74) is 1.28. The Bertz CT molecular complexity index is 926. The Morgan fingerprint density at radius 3 is 2.07 bits per heavy atom. The van der Waals surface area contributed by atoms with Crippen LogP contribution < -0.4 is 4.72 Å². The zero-order valence-electron chi connectivity index (χ0n) is 16.0. The summed E-state index contributed by atoms with van der Waals surface area (Å²) in [7, 11) is -3.70. The third kappa shape index (κ3) is 8.28. The lowest BCUT2D eigenvalue weighted by atomic mass is 10.1. The summed E-state index contributed by atoms with van der Waals surface area (Å²) in [5, 5.41) is 0. The fourth-order valence-electron chi connectivity index (χ4n) is 2.48. The summed E-state index contributed by atoms with van der Waals surface area (Å²) in [4.78, 5) is 23.1. The topological polar surface area (TPSA) is 98.8 Å². The van der Waals surface area contributed by atoms with Gasteiger partial charge in [-0.15, -0.1) is 0 Å². The van der Waals surface area contributed by atoms with Crippen LogP contribution in [-0.4, -0.2) is 33.6 Å². The van der Waals surface area contributed by atoms with Gasteiger partial charge in [-0.2, -0.15) is 0 Å². The highest BCUT2D eigenvalue weighted by Gasteiger charge is 2.21. The molecule has 0 bridgehead atoms. The van der Waals surface area contributed by atoms with Crippen LogP contribution in [0.2, 0.25) is 0 Å². The van der Waals surface area contributed by atoms with Gasteiger partial charge in [-0.05, 0) is 18.1 Å². The highest BCUT2D eigenvalue weighted by atomic mass is 32.2. The molecule has 0 heterocycles. The second-order valence-corrected chi connectivity index (χ2v) is 7.80. The highest BCUT2D eigenvalue weighted by Crippen LogP contribution is 2.16. The van der Waals surface area contributed by atoms with Crippen LogP contribution in [0.1, 0.15) is 24.1 Å². The predicted molar refractivity (Wildman–Crippen MR) is 108 cm³/mol. The molecule has 0 aromatic heterocycles. The van der Waals surface area contributed by atoms with E-state index in [-0.39, 0.29) is 19.0 Å². The van der Waals surface area contributed by atoms with Crippen molar-refractivity contribution in [2.75, 3.05) is 13.2 Å². The number of carbonyl (C=O) groups excluding carboxylic acids is 2. The van der Waals surface area contributed by atoms with Crippen LogP contribution in [0.4, 0.5) is 0 Å². The van der Waals surface area contributed by atoms with Crippen LogP contribution in [0.25, 0.3) is 0 Å². The Kier molecular flexibility index (Phi) is 8.57. The molecule has 0 fully saturated rings. The Hall–Kier alpha value is -2.97. The SMILES string of the molecule is CCOC(=O)/C=C/C(=O)OCC(NS(=O)(=O)Cc1ccccc1)c1ccccc1. The van der Waals surface area contributed by atoms with Crippen LogP contribution >= 0.6 is 0 Å². The minimum Gasteiger partial charge on any atom is -0.463 e. The van der Waals surface area contributed by atoms with E-state index in [9.17, 15) is 18.0 Å². The Morgan fingerprint density at radius 1 is 0.931 bits per heavy atom. The molecule has 29 heavy (non-hydrogen) atoms. The smallest absolute Gasteiger partial charge is 0.331 e. The van der Waals surface area contributed by atoms with Gasteiger partial charge in [-0.1, -0.05) is 60.7 Å². The molecular formula is C21H23NO6S. The molecule has 1 unspecified atom stereocenters. The lowest BCUT2D eigenvalue weighted by Crippen LogP contribution is -2.33. The number of hydrogen-bond acceptors (Lipinski definition) is 6. The fraction of sp³-hybridized carbons (Fsp3) is 0.238. The first-order valence-corrected chi connectivity index (χ1v) is 10.7. The molecule has 2 aromatic rings. The van der Waals surface area contributed by atoms with Crippen LogP contribution in [0.15, 0.2) is 72.8 Å². The zero-order chi connectivity index (χ0) is 21.1. The standard InChI is InChI=1S/C21H23NO6S/c1-2-27-20(23)13-14-21(24)28-15-19(18-11-7-4-8-12-18)22-29(25,26)16-17-9-5-3-6-10-17/h3-14,19,22H,2,15-16H2,1H3/b14-13+. The number of benzene rings is 2. The number of esters is 2. The summed E-state index contributed by atoms with van der Waals surface area (Å²) in [6, 6.07) is 16.8. The van der Waals surface area contributed by atoms with Gasteiger partial charge in [0, 0.05) is 12.2 Å². The van der Waals surface area contributed by atoms with Crippen molar-refractivity contribution in [2.24, 2.45) is 0 Å². The van der Waals surface area contributed by atoms with Crippen molar-refractivity contribution in [2.45, 2.75) is 18.7 Å². The molecule has 1 N–H and O–H groups in total. The van der Waals surface area contributed by atoms with Crippen molar-refractivity contribution in [3.8, 4) is 0 Å². The van der Waals surface area contributed by atoms with Gasteiger partial charge in [0.2, 0.25) is 10.0 Å². The molecule has 2 rings (SSSR count). The van der Waals surface area contributed by atoms with Gasteiger partial charge in [0.05, 0.1) is 18.4 Å². The van der Waals surface area contributed by atoms with E-state index < -0.39 is 28.0 Å². The number of nitrogens with one attached hydrogen (secondary N) is 1. The van der Waals surface area contributed by atoms with Crippen molar-refractivity contribution >= 4 is 22.0 Å². The van der Waals surface area contributed by atoms with Crippen molar-refractivity contribution in [3.63, 3.8) is 0 Å². The number of sulfonamides is 1. The Labute approximate surface area is 170 Å². The fourth-order valence-corrected chi connectivity index (χ4v) is 3.83. The van der Waals surface area contributed by atoms with Gasteiger partial charge < -0.3 is 9.47 Å². The molecule has 8 heteroatoms. The molecule has 0 amide bonds. The molecular weight excluding hydrogens is 394 g/mol. The predicted octanol–water partition coefficient (Wildman–Crippen LogP) is 2.51. The summed E-state index contributed by atoms with van der Waals surface area (Å²) < 4.78 is 37.6. The van der Waals surface area contributed by atoms with Gasteiger partial charge in [0.25, 0.3) is 0 Å². The third-order valence-electron chi connectivity index (χ3n) is 3.76. The summed E-state index contributed by atoms with van der Waals surface area (Å²) in [6.45, 7) is 1.61. The maximum Gasteiger partial charge on any atom is 0.331 e. The molecule has 7 nitrogen and oxygen atoms in total. The van der Waals surface area contributed by atoms with E-state index in [1.165, 1.54) is 0 Å². The summed E-state index contributed by atoms with van der Waals surface area (Å²) in [5.74, 6) is -1.64. The molecule has 0 saturated carbocycles. The van der Waals surface area contributed by atoms with Crippen molar-refractivity contribution in [3.05, 3.63) is 83.9 Å². The quantitative estimate of drug-likeness (QED) is 0.471. The van der Waals surface area contributed by atoms with Crippen LogP contribution in [0.5, 0.6) is 0 Å². The first-order chi connectivity index (χ1) is 13.9. The van der Waals surface area contributed by atoms with E-state index in [2.05, 4.69) is 9.46 Å². The second-order valence-electron chi connectivity index (χ2n) is 6.04. The molecule has 0 radical (unpaired) electrons. The van der Waals surface area contributed by atoms with Crippen LogP contribution in [-0.2, 0) is 34.8 Å². The largest absolute Gasteiger partial charge is 0.463 e. The van der Waals surface area contributed by atoms with Gasteiger partial charge in [-0.25, -0.2) is 22.7 Å². The third-order valence-corrected chi connectivity index (χ3v) is 5.11. The normalized spacial score (nSPS) is 12.4. The van der Waals surface area contributed by atoms with Gasteiger partial charge in [0.15, 0.2) is 0 Å². The van der Waals surface area contributed by atoms with Gasteiger partial charge in [-0.3, -0.25) is 0 Å². The van der Waals surface area contributed by atoms with Crippen molar-refractivity contribution in [1.29, 1.82) is 0 Å². The van der Waals surface area contributed by atoms with Crippen LogP contribution in [0, 0.1) is 0 Å².